The van der Waals surface area contributed by atoms with Crippen LogP contribution in [-0.4, -0.2) is 32.3 Å². The summed E-state index contributed by atoms with van der Waals surface area (Å²) >= 11 is 0. The zero-order valence-electron chi connectivity index (χ0n) is 12.6. The summed E-state index contributed by atoms with van der Waals surface area (Å²) in [5, 5.41) is 15.9. The molecule has 0 bridgehead atoms. The minimum Gasteiger partial charge on any atom is -0.480 e. The van der Waals surface area contributed by atoms with Crippen molar-refractivity contribution >= 4 is 11.9 Å². The normalized spacial score (nSPS) is 13.4. The highest BCUT2D eigenvalue weighted by Gasteiger charge is 2.32. The number of nitrogens with zero attached hydrogens (tertiary/aromatic N) is 2. The first-order valence-electron chi connectivity index (χ1n) is 7.08. The average molecular weight is 301 g/mol. The summed E-state index contributed by atoms with van der Waals surface area (Å²) in [5.74, 6) is -1.34. The maximum absolute atomic E-state index is 12.0. The molecule has 116 valence electrons. The van der Waals surface area contributed by atoms with Gasteiger partial charge < -0.3 is 10.4 Å². The molecule has 2 rings (SSSR count). The lowest BCUT2D eigenvalue weighted by Gasteiger charge is -2.24. The van der Waals surface area contributed by atoms with E-state index in [0.717, 1.165) is 11.3 Å². The topological polar surface area (TPSA) is 84.2 Å². The number of hydrogen-bond donors (Lipinski definition) is 2. The number of carbonyl (C=O) groups excluding carboxylic acids is 1. The van der Waals surface area contributed by atoms with Crippen LogP contribution in [0.3, 0.4) is 0 Å². The molecule has 6 nitrogen and oxygen atoms in total. The van der Waals surface area contributed by atoms with Gasteiger partial charge in [-0.3, -0.25) is 4.79 Å². The Hall–Kier alpha value is -2.63. The van der Waals surface area contributed by atoms with E-state index in [0.29, 0.717) is 6.42 Å². The van der Waals surface area contributed by atoms with Crippen LogP contribution in [0.1, 0.15) is 25.8 Å². The molecule has 1 aromatic carbocycles. The molecule has 0 aliphatic carbocycles. The number of nitrogens with one attached hydrogen (secondary N) is 1. The van der Waals surface area contributed by atoms with E-state index in [1.165, 1.54) is 6.92 Å². The Morgan fingerprint density at radius 3 is 2.50 bits per heavy atom. The molecule has 1 heterocycles. The highest BCUT2D eigenvalue weighted by Crippen LogP contribution is 2.12. The Balaban J connectivity index is 2.02. The van der Waals surface area contributed by atoms with Gasteiger partial charge in [0.1, 0.15) is 5.54 Å². The van der Waals surface area contributed by atoms with Crippen LogP contribution in [0.25, 0.3) is 5.69 Å². The minimum absolute atomic E-state index is 0.141. The van der Waals surface area contributed by atoms with Crippen molar-refractivity contribution < 1.29 is 14.7 Å². The molecule has 1 amide bonds. The molecule has 0 aliphatic rings. The van der Waals surface area contributed by atoms with Crippen LogP contribution < -0.4 is 5.32 Å². The van der Waals surface area contributed by atoms with Gasteiger partial charge in [0.15, 0.2) is 0 Å². The number of carbonyl (C=O) groups is 2. The third-order valence-electron chi connectivity index (χ3n) is 3.66. The molecule has 1 unspecified atom stereocenters. The standard InChI is InChI=1S/C16H19N3O3/c1-3-16(2,15(21)22)18-14(20)11-12-5-7-13(8-6-12)19-10-4-9-17-19/h4-10H,3,11H2,1-2H3,(H,18,20)(H,21,22). The number of aromatic nitrogens is 2. The Morgan fingerprint density at radius 1 is 1.32 bits per heavy atom. The van der Waals surface area contributed by atoms with Crippen LogP contribution in [0.4, 0.5) is 0 Å². The van der Waals surface area contributed by atoms with Gasteiger partial charge in [0.2, 0.25) is 5.91 Å². The molecule has 0 saturated heterocycles. The van der Waals surface area contributed by atoms with E-state index in [-0.39, 0.29) is 12.3 Å². The molecule has 0 spiro atoms. The highest BCUT2D eigenvalue weighted by atomic mass is 16.4. The van der Waals surface area contributed by atoms with Gasteiger partial charge in [-0.2, -0.15) is 5.10 Å². The van der Waals surface area contributed by atoms with Gasteiger partial charge in [0.05, 0.1) is 12.1 Å². The van der Waals surface area contributed by atoms with Crippen molar-refractivity contribution in [1.82, 2.24) is 15.1 Å². The van der Waals surface area contributed by atoms with E-state index in [9.17, 15) is 9.59 Å². The minimum atomic E-state index is -1.23. The lowest BCUT2D eigenvalue weighted by atomic mass is 9.98. The smallest absolute Gasteiger partial charge is 0.329 e. The van der Waals surface area contributed by atoms with Crippen LogP contribution in [0, 0.1) is 0 Å². The Labute approximate surface area is 128 Å². The molecule has 0 radical (unpaired) electrons. The third kappa shape index (κ3) is 3.52. The van der Waals surface area contributed by atoms with E-state index in [4.69, 9.17) is 5.11 Å². The van der Waals surface area contributed by atoms with E-state index < -0.39 is 11.5 Å². The lowest BCUT2D eigenvalue weighted by Crippen LogP contribution is -2.52. The van der Waals surface area contributed by atoms with Gasteiger partial charge in [0.25, 0.3) is 0 Å². The Kier molecular flexibility index (Phi) is 4.60. The first kappa shape index (κ1) is 15.8. The largest absolute Gasteiger partial charge is 0.480 e. The van der Waals surface area contributed by atoms with Gasteiger partial charge in [0, 0.05) is 12.4 Å². The SMILES string of the molecule is CCC(C)(NC(=O)Cc1ccc(-n2cccn2)cc1)C(=O)O. The molecular weight excluding hydrogens is 282 g/mol. The quantitative estimate of drug-likeness (QED) is 0.852. The second kappa shape index (κ2) is 6.43. The number of carboxylic acid groups (broad SMARTS) is 1. The predicted molar refractivity (Wildman–Crippen MR) is 81.7 cm³/mol. The zero-order valence-corrected chi connectivity index (χ0v) is 12.6. The molecule has 0 aliphatic heterocycles. The fourth-order valence-electron chi connectivity index (χ4n) is 2.02. The van der Waals surface area contributed by atoms with E-state index in [1.54, 1.807) is 17.8 Å². The van der Waals surface area contributed by atoms with Gasteiger partial charge >= 0.3 is 5.97 Å². The Bertz CT molecular complexity index is 650. The van der Waals surface area contributed by atoms with Crippen molar-refractivity contribution in [2.75, 3.05) is 0 Å². The first-order chi connectivity index (χ1) is 10.4. The summed E-state index contributed by atoms with van der Waals surface area (Å²) in [7, 11) is 0. The van der Waals surface area contributed by atoms with Gasteiger partial charge in [-0.1, -0.05) is 19.1 Å². The molecule has 0 fully saturated rings. The van der Waals surface area contributed by atoms with Gasteiger partial charge in [-0.15, -0.1) is 0 Å². The van der Waals surface area contributed by atoms with Crippen LogP contribution in [0.5, 0.6) is 0 Å². The van der Waals surface area contributed by atoms with Crippen molar-refractivity contribution in [3.05, 3.63) is 48.3 Å². The maximum Gasteiger partial charge on any atom is 0.329 e. The zero-order chi connectivity index (χ0) is 16.2. The van der Waals surface area contributed by atoms with Crippen molar-refractivity contribution in [2.45, 2.75) is 32.2 Å². The van der Waals surface area contributed by atoms with Gasteiger partial charge in [-0.05, 0) is 37.1 Å². The van der Waals surface area contributed by atoms with Crippen molar-refractivity contribution in [3.63, 3.8) is 0 Å². The highest BCUT2D eigenvalue weighted by molar-refractivity contribution is 5.87. The second-order valence-corrected chi connectivity index (χ2v) is 5.33. The van der Waals surface area contributed by atoms with Crippen molar-refractivity contribution in [2.24, 2.45) is 0 Å². The molecule has 1 aromatic heterocycles. The van der Waals surface area contributed by atoms with Crippen LogP contribution >= 0.6 is 0 Å². The summed E-state index contributed by atoms with van der Waals surface area (Å²) in [6.45, 7) is 3.24. The van der Waals surface area contributed by atoms with Crippen LogP contribution in [0.15, 0.2) is 42.7 Å². The van der Waals surface area contributed by atoms with E-state index in [1.807, 2.05) is 36.5 Å². The summed E-state index contributed by atoms with van der Waals surface area (Å²) in [6.07, 6.45) is 3.99. The predicted octanol–water partition coefficient (Wildman–Crippen LogP) is 1.78. The molecule has 0 saturated carbocycles. The fraction of sp³-hybridized carbons (Fsp3) is 0.312. The fourth-order valence-corrected chi connectivity index (χ4v) is 2.02. The van der Waals surface area contributed by atoms with Gasteiger partial charge in [-0.25, -0.2) is 9.48 Å². The van der Waals surface area contributed by atoms with Crippen molar-refractivity contribution in [1.29, 1.82) is 0 Å². The second-order valence-electron chi connectivity index (χ2n) is 5.33. The number of rotatable bonds is 6. The van der Waals surface area contributed by atoms with E-state index in [2.05, 4.69) is 10.4 Å². The van der Waals surface area contributed by atoms with Crippen molar-refractivity contribution in [3.8, 4) is 5.69 Å². The number of benzene rings is 1. The number of aliphatic carboxylic acids is 1. The summed E-state index contributed by atoms with van der Waals surface area (Å²) in [4.78, 5) is 23.2. The monoisotopic (exact) mass is 301 g/mol. The molecule has 2 aromatic rings. The van der Waals surface area contributed by atoms with Crippen LogP contribution in [-0.2, 0) is 16.0 Å². The molecule has 6 heteroatoms. The lowest BCUT2D eigenvalue weighted by molar-refractivity contribution is -0.146. The molecule has 2 N–H and O–H groups in total. The first-order valence-corrected chi connectivity index (χ1v) is 7.08. The third-order valence-corrected chi connectivity index (χ3v) is 3.66. The number of carboxylic acids is 1. The summed E-state index contributed by atoms with van der Waals surface area (Å²) < 4.78 is 1.72. The molecular formula is C16H19N3O3. The number of amides is 1. The summed E-state index contributed by atoms with van der Waals surface area (Å²) in [6, 6.07) is 9.23. The van der Waals surface area contributed by atoms with E-state index >= 15 is 0 Å². The average Bonchev–Trinajstić information content (AvgIpc) is 3.01. The summed E-state index contributed by atoms with van der Waals surface area (Å²) in [5.41, 5.74) is 0.488. The number of hydrogen-bond acceptors (Lipinski definition) is 3. The maximum atomic E-state index is 12.0. The Morgan fingerprint density at radius 2 is 2.00 bits per heavy atom. The molecule has 22 heavy (non-hydrogen) atoms. The van der Waals surface area contributed by atoms with Crippen LogP contribution in [0.2, 0.25) is 0 Å². The molecule has 1 atom stereocenters.